The zero-order chi connectivity index (χ0) is 15.2. The Labute approximate surface area is 125 Å². The molecule has 2 rings (SSSR count). The number of nitrogen functional groups attached to an aromatic ring is 1. The van der Waals surface area contributed by atoms with Crippen LogP contribution in [0.5, 0.6) is 0 Å². The van der Waals surface area contributed by atoms with E-state index in [1.807, 2.05) is 38.1 Å². The topological polar surface area (TPSA) is 67.1 Å². The summed E-state index contributed by atoms with van der Waals surface area (Å²) in [5, 5.41) is 3.03. The molecule has 0 radical (unpaired) electrons. The minimum absolute atomic E-state index is 0.0560. The largest absolute Gasteiger partial charge is 0.349 e. The fourth-order valence-corrected chi connectivity index (χ4v) is 2.33. The summed E-state index contributed by atoms with van der Waals surface area (Å²) < 4.78 is 0. The molecular formula is C17H21N3O. The predicted molar refractivity (Wildman–Crippen MR) is 86.1 cm³/mol. The molecule has 1 unspecified atom stereocenters. The van der Waals surface area contributed by atoms with Gasteiger partial charge in [-0.25, -0.2) is 0 Å². The lowest BCUT2D eigenvalue weighted by molar-refractivity contribution is 0.0939. The Kier molecular flexibility index (Phi) is 4.95. The first kappa shape index (κ1) is 15.1. The number of aryl methyl sites for hydroxylation is 1. The maximum Gasteiger partial charge on any atom is 0.251 e. The Bertz CT molecular complexity index is 611. The number of nitrogens with two attached hydrogens (primary N) is 1. The van der Waals surface area contributed by atoms with E-state index in [0.717, 1.165) is 17.7 Å². The minimum atomic E-state index is -0.0560. The lowest BCUT2D eigenvalue weighted by atomic mass is 10.0. The molecule has 0 aliphatic rings. The van der Waals surface area contributed by atoms with E-state index >= 15 is 0 Å². The van der Waals surface area contributed by atoms with Crippen molar-refractivity contribution in [1.82, 2.24) is 5.32 Å². The van der Waals surface area contributed by atoms with Crippen LogP contribution in [-0.2, 0) is 6.42 Å². The number of hydrazine groups is 1. The number of rotatable bonds is 5. The maximum absolute atomic E-state index is 12.3. The molecule has 21 heavy (non-hydrogen) atoms. The number of hydrogen-bond acceptors (Lipinski definition) is 3. The minimum Gasteiger partial charge on any atom is -0.349 e. The summed E-state index contributed by atoms with van der Waals surface area (Å²) in [4.78, 5) is 12.3. The van der Waals surface area contributed by atoms with Gasteiger partial charge in [0.05, 0.1) is 0 Å². The molecule has 0 fully saturated rings. The summed E-state index contributed by atoms with van der Waals surface area (Å²) in [6, 6.07) is 15.6. The van der Waals surface area contributed by atoms with Crippen molar-refractivity contribution in [1.29, 1.82) is 0 Å². The van der Waals surface area contributed by atoms with Gasteiger partial charge in [-0.3, -0.25) is 10.6 Å². The van der Waals surface area contributed by atoms with E-state index in [-0.39, 0.29) is 11.9 Å². The van der Waals surface area contributed by atoms with Crippen LogP contribution in [0.3, 0.4) is 0 Å². The summed E-state index contributed by atoms with van der Waals surface area (Å²) in [5.74, 6) is 5.30. The number of carbonyl (C=O) groups is 1. The molecule has 0 saturated heterocycles. The first-order chi connectivity index (χ1) is 10.1. The monoisotopic (exact) mass is 283 g/mol. The highest BCUT2D eigenvalue weighted by Gasteiger charge is 2.12. The standard InChI is InChI=1S/C17H21N3O/c1-12-10-15(20-18)8-9-16(12)17(21)19-13(2)11-14-6-4-3-5-7-14/h3-10,13,20H,11,18H2,1-2H3,(H,19,21). The summed E-state index contributed by atoms with van der Waals surface area (Å²) >= 11 is 0. The molecule has 2 aromatic carbocycles. The van der Waals surface area contributed by atoms with Crippen molar-refractivity contribution < 1.29 is 4.79 Å². The average Bonchev–Trinajstić information content (AvgIpc) is 2.47. The molecule has 2 aromatic rings. The fourth-order valence-electron chi connectivity index (χ4n) is 2.33. The van der Waals surface area contributed by atoms with Gasteiger partial charge in [0.25, 0.3) is 5.91 Å². The molecule has 4 heteroatoms. The summed E-state index contributed by atoms with van der Waals surface area (Å²) in [7, 11) is 0. The number of carbonyl (C=O) groups excluding carboxylic acids is 1. The zero-order valence-corrected chi connectivity index (χ0v) is 12.4. The van der Waals surface area contributed by atoms with Crippen molar-refractivity contribution in [3.8, 4) is 0 Å². The molecule has 0 aliphatic heterocycles. The Hall–Kier alpha value is -2.33. The first-order valence-electron chi connectivity index (χ1n) is 7.02. The van der Waals surface area contributed by atoms with Gasteiger partial charge in [-0.15, -0.1) is 0 Å². The molecule has 0 heterocycles. The molecule has 1 atom stereocenters. The SMILES string of the molecule is Cc1cc(NN)ccc1C(=O)NC(C)Cc1ccccc1. The number of benzene rings is 2. The van der Waals surface area contributed by atoms with Crippen molar-refractivity contribution in [3.63, 3.8) is 0 Å². The van der Waals surface area contributed by atoms with E-state index < -0.39 is 0 Å². The third-order valence-corrected chi connectivity index (χ3v) is 3.40. The number of hydrogen-bond donors (Lipinski definition) is 3. The smallest absolute Gasteiger partial charge is 0.251 e. The van der Waals surface area contributed by atoms with Gasteiger partial charge < -0.3 is 10.7 Å². The van der Waals surface area contributed by atoms with Crippen LogP contribution >= 0.6 is 0 Å². The second kappa shape index (κ2) is 6.90. The molecular weight excluding hydrogens is 262 g/mol. The van der Waals surface area contributed by atoms with Gasteiger partial charge in [0, 0.05) is 17.3 Å². The lowest BCUT2D eigenvalue weighted by Crippen LogP contribution is -2.34. The van der Waals surface area contributed by atoms with E-state index in [0.29, 0.717) is 5.56 Å². The van der Waals surface area contributed by atoms with Gasteiger partial charge in [0.2, 0.25) is 0 Å². The fraction of sp³-hybridized carbons (Fsp3) is 0.235. The maximum atomic E-state index is 12.3. The third kappa shape index (κ3) is 4.07. The second-order valence-electron chi connectivity index (χ2n) is 5.24. The van der Waals surface area contributed by atoms with Gasteiger partial charge in [-0.2, -0.15) is 0 Å². The molecule has 4 nitrogen and oxygen atoms in total. The molecule has 4 N–H and O–H groups in total. The normalized spacial score (nSPS) is 11.8. The van der Waals surface area contributed by atoms with Crippen molar-refractivity contribution >= 4 is 11.6 Å². The van der Waals surface area contributed by atoms with Crippen molar-refractivity contribution in [2.24, 2.45) is 5.84 Å². The molecule has 1 amide bonds. The van der Waals surface area contributed by atoms with Gasteiger partial charge in [0.1, 0.15) is 0 Å². The van der Waals surface area contributed by atoms with Gasteiger partial charge in [-0.1, -0.05) is 30.3 Å². The van der Waals surface area contributed by atoms with Gasteiger partial charge >= 0.3 is 0 Å². The van der Waals surface area contributed by atoms with Gasteiger partial charge in [0.15, 0.2) is 0 Å². The van der Waals surface area contributed by atoms with E-state index in [2.05, 4.69) is 22.9 Å². The lowest BCUT2D eigenvalue weighted by Gasteiger charge is -2.15. The Morgan fingerprint density at radius 2 is 1.90 bits per heavy atom. The highest BCUT2D eigenvalue weighted by atomic mass is 16.1. The number of amides is 1. The molecule has 0 bridgehead atoms. The van der Waals surface area contributed by atoms with Crippen molar-refractivity contribution in [2.45, 2.75) is 26.3 Å². The van der Waals surface area contributed by atoms with E-state index in [1.165, 1.54) is 5.56 Å². The summed E-state index contributed by atoms with van der Waals surface area (Å²) in [6.07, 6.45) is 0.814. The highest BCUT2D eigenvalue weighted by Crippen LogP contribution is 2.14. The van der Waals surface area contributed by atoms with Crippen LogP contribution in [-0.4, -0.2) is 11.9 Å². The molecule has 0 aliphatic carbocycles. The number of nitrogens with one attached hydrogen (secondary N) is 2. The van der Waals surface area contributed by atoms with Gasteiger partial charge in [-0.05, 0) is 49.6 Å². The third-order valence-electron chi connectivity index (χ3n) is 3.40. The van der Waals surface area contributed by atoms with Crippen molar-refractivity contribution in [2.75, 3.05) is 5.43 Å². The van der Waals surface area contributed by atoms with Crippen LogP contribution in [0, 0.1) is 6.92 Å². The molecule has 0 saturated carbocycles. The quantitative estimate of drug-likeness (QED) is 0.584. The van der Waals surface area contributed by atoms with Crippen LogP contribution in [0.15, 0.2) is 48.5 Å². The highest BCUT2D eigenvalue weighted by molar-refractivity contribution is 5.96. The second-order valence-corrected chi connectivity index (χ2v) is 5.24. The molecule has 0 aromatic heterocycles. The molecule has 110 valence electrons. The van der Waals surface area contributed by atoms with Crippen LogP contribution < -0.4 is 16.6 Å². The van der Waals surface area contributed by atoms with Crippen LogP contribution in [0.25, 0.3) is 0 Å². The Morgan fingerprint density at radius 3 is 2.52 bits per heavy atom. The van der Waals surface area contributed by atoms with Crippen molar-refractivity contribution in [3.05, 3.63) is 65.2 Å². The van der Waals surface area contributed by atoms with E-state index in [4.69, 9.17) is 5.84 Å². The summed E-state index contributed by atoms with van der Waals surface area (Å²) in [5.41, 5.74) is 6.15. The zero-order valence-electron chi connectivity index (χ0n) is 12.4. The van der Waals surface area contributed by atoms with Crippen LogP contribution in [0.1, 0.15) is 28.4 Å². The number of anilines is 1. The Balaban J connectivity index is 2.01. The molecule has 0 spiro atoms. The van der Waals surface area contributed by atoms with E-state index in [9.17, 15) is 4.79 Å². The van der Waals surface area contributed by atoms with E-state index in [1.54, 1.807) is 12.1 Å². The van der Waals surface area contributed by atoms with Crippen LogP contribution in [0.4, 0.5) is 5.69 Å². The summed E-state index contributed by atoms with van der Waals surface area (Å²) in [6.45, 7) is 3.91. The predicted octanol–water partition coefficient (Wildman–Crippen LogP) is 2.64. The Morgan fingerprint density at radius 1 is 1.19 bits per heavy atom. The average molecular weight is 283 g/mol. The first-order valence-corrected chi connectivity index (χ1v) is 7.02. The van der Waals surface area contributed by atoms with Crippen LogP contribution in [0.2, 0.25) is 0 Å².